The van der Waals surface area contributed by atoms with Gasteiger partial charge in [-0.1, -0.05) is 6.07 Å². The van der Waals surface area contributed by atoms with Gasteiger partial charge < -0.3 is 5.73 Å². The largest absolute Gasteiger partial charge is 0.399 e. The Balaban J connectivity index is 2.23. The lowest BCUT2D eigenvalue weighted by atomic mass is 10.2. The molecule has 1 atom stereocenters. The molecular weight excluding hydrogens is 336 g/mol. The van der Waals surface area contributed by atoms with Gasteiger partial charge in [-0.2, -0.15) is 0 Å². The molecule has 0 aromatic heterocycles. The highest BCUT2D eigenvalue weighted by Gasteiger charge is 2.11. The summed E-state index contributed by atoms with van der Waals surface area (Å²) in [7, 11) is -1.36. The molecule has 0 spiro atoms. The molecule has 0 aliphatic carbocycles. The summed E-state index contributed by atoms with van der Waals surface area (Å²) in [6, 6.07) is 8.44. The van der Waals surface area contributed by atoms with E-state index in [4.69, 9.17) is 5.73 Å². The fourth-order valence-electron chi connectivity index (χ4n) is 1.56. The average Bonchev–Trinajstić information content (AvgIpc) is 2.33. The Bertz CT molecular complexity index is 649. The molecule has 2 nitrogen and oxygen atoms in total. The molecule has 0 radical (unpaired) electrons. The van der Waals surface area contributed by atoms with E-state index >= 15 is 0 Å². The molecule has 2 N–H and O–H groups in total. The molecule has 0 aliphatic heterocycles. The molecule has 0 saturated carbocycles. The Kier molecular flexibility index (Phi) is 4.31. The van der Waals surface area contributed by atoms with Crippen LogP contribution >= 0.6 is 15.9 Å². The Labute approximate surface area is 120 Å². The van der Waals surface area contributed by atoms with Gasteiger partial charge in [0.2, 0.25) is 0 Å². The van der Waals surface area contributed by atoms with Crippen molar-refractivity contribution in [3.05, 3.63) is 58.1 Å². The molecule has 2 aromatic rings. The average molecular weight is 346 g/mol. The van der Waals surface area contributed by atoms with Crippen LogP contribution in [0, 0.1) is 11.6 Å². The Morgan fingerprint density at radius 2 is 1.84 bits per heavy atom. The highest BCUT2D eigenvalue weighted by molar-refractivity contribution is 9.10. The van der Waals surface area contributed by atoms with Gasteiger partial charge >= 0.3 is 0 Å². The van der Waals surface area contributed by atoms with Gasteiger partial charge in [-0.05, 0) is 51.8 Å². The van der Waals surface area contributed by atoms with Crippen molar-refractivity contribution in [1.82, 2.24) is 0 Å². The van der Waals surface area contributed by atoms with Crippen LogP contribution in [0.3, 0.4) is 0 Å². The van der Waals surface area contributed by atoms with Crippen molar-refractivity contribution in [2.24, 2.45) is 0 Å². The van der Waals surface area contributed by atoms with Crippen molar-refractivity contribution in [3.63, 3.8) is 0 Å². The number of nitrogens with two attached hydrogens (primary N) is 1. The van der Waals surface area contributed by atoms with Crippen LogP contribution in [0.25, 0.3) is 0 Å². The zero-order valence-corrected chi connectivity index (χ0v) is 12.1. The van der Waals surface area contributed by atoms with Crippen LogP contribution in [0.1, 0.15) is 5.56 Å². The summed E-state index contributed by atoms with van der Waals surface area (Å²) in [5, 5.41) is 0. The van der Waals surface area contributed by atoms with Gasteiger partial charge in [-0.3, -0.25) is 4.21 Å². The van der Waals surface area contributed by atoms with Crippen LogP contribution in [-0.2, 0) is 16.6 Å². The minimum absolute atomic E-state index is 0.111. The summed E-state index contributed by atoms with van der Waals surface area (Å²) in [5.74, 6) is -1.74. The number of rotatable bonds is 3. The van der Waals surface area contributed by atoms with E-state index in [9.17, 15) is 13.0 Å². The second-order valence-corrected chi connectivity index (χ2v) is 6.20. The van der Waals surface area contributed by atoms with Crippen molar-refractivity contribution >= 4 is 32.4 Å². The maximum absolute atomic E-state index is 13.1. The minimum Gasteiger partial charge on any atom is -0.399 e. The first-order valence-electron chi connectivity index (χ1n) is 5.34. The first-order chi connectivity index (χ1) is 8.97. The van der Waals surface area contributed by atoms with Gasteiger partial charge in [0.1, 0.15) is 0 Å². The number of hydrogen-bond donors (Lipinski definition) is 1. The zero-order valence-electron chi connectivity index (χ0n) is 9.70. The van der Waals surface area contributed by atoms with Crippen molar-refractivity contribution < 1.29 is 13.0 Å². The van der Waals surface area contributed by atoms with Crippen LogP contribution in [0.2, 0.25) is 0 Å². The molecule has 0 amide bonds. The Morgan fingerprint density at radius 1 is 1.11 bits per heavy atom. The van der Waals surface area contributed by atoms with Gasteiger partial charge in [-0.15, -0.1) is 0 Å². The number of anilines is 1. The maximum atomic E-state index is 13.1. The zero-order chi connectivity index (χ0) is 14.0. The Morgan fingerprint density at radius 3 is 2.47 bits per heavy atom. The monoisotopic (exact) mass is 345 g/mol. The van der Waals surface area contributed by atoms with Crippen molar-refractivity contribution in [1.29, 1.82) is 0 Å². The van der Waals surface area contributed by atoms with E-state index in [0.717, 1.165) is 12.1 Å². The third kappa shape index (κ3) is 3.39. The number of hydrogen-bond acceptors (Lipinski definition) is 2. The van der Waals surface area contributed by atoms with Gasteiger partial charge in [0.25, 0.3) is 0 Å². The van der Waals surface area contributed by atoms with E-state index in [2.05, 4.69) is 15.9 Å². The lowest BCUT2D eigenvalue weighted by molar-refractivity contribution is 0.507. The smallest absolute Gasteiger partial charge is 0.159 e. The first-order valence-corrected chi connectivity index (χ1v) is 7.46. The van der Waals surface area contributed by atoms with E-state index in [1.165, 1.54) is 6.07 Å². The molecule has 0 aliphatic rings. The molecule has 19 heavy (non-hydrogen) atoms. The summed E-state index contributed by atoms with van der Waals surface area (Å²) < 4.78 is 38.7. The van der Waals surface area contributed by atoms with Crippen molar-refractivity contribution in [2.75, 3.05) is 5.73 Å². The summed E-state index contributed by atoms with van der Waals surface area (Å²) in [6.07, 6.45) is 0. The van der Waals surface area contributed by atoms with Crippen LogP contribution < -0.4 is 5.73 Å². The minimum atomic E-state index is -1.36. The van der Waals surface area contributed by atoms with Gasteiger partial charge in [0.05, 0.1) is 21.4 Å². The summed E-state index contributed by atoms with van der Waals surface area (Å²) in [6.45, 7) is 0. The predicted octanol–water partition coefficient (Wildman–Crippen LogP) is 3.62. The molecule has 0 saturated heterocycles. The van der Waals surface area contributed by atoms with Gasteiger partial charge in [-0.25, -0.2) is 8.78 Å². The first kappa shape index (κ1) is 14.1. The second-order valence-electron chi connectivity index (χ2n) is 3.93. The molecule has 2 aromatic carbocycles. The molecule has 0 heterocycles. The normalized spacial score (nSPS) is 12.4. The fourth-order valence-corrected chi connectivity index (χ4v) is 3.63. The van der Waals surface area contributed by atoms with Crippen LogP contribution in [0.15, 0.2) is 45.8 Å². The van der Waals surface area contributed by atoms with Crippen LogP contribution in [0.4, 0.5) is 14.5 Å². The number of nitrogen functional groups attached to an aromatic ring is 1. The molecule has 1 unspecified atom stereocenters. The lowest BCUT2D eigenvalue weighted by Gasteiger charge is -2.06. The third-order valence-electron chi connectivity index (χ3n) is 2.48. The quantitative estimate of drug-likeness (QED) is 0.863. The fraction of sp³-hybridized carbons (Fsp3) is 0.0769. The molecule has 0 bridgehead atoms. The predicted molar refractivity (Wildman–Crippen MR) is 75.0 cm³/mol. The molecule has 2 rings (SSSR count). The molecular formula is C13H10BrF2NOS. The second kappa shape index (κ2) is 5.79. The lowest BCUT2D eigenvalue weighted by Crippen LogP contribution is -1.99. The molecule has 6 heteroatoms. The maximum Gasteiger partial charge on any atom is 0.159 e. The van der Waals surface area contributed by atoms with Gasteiger partial charge in [0.15, 0.2) is 11.6 Å². The molecule has 0 fully saturated rings. The number of benzene rings is 2. The highest BCUT2D eigenvalue weighted by atomic mass is 79.9. The van der Waals surface area contributed by atoms with Crippen molar-refractivity contribution in [3.8, 4) is 0 Å². The van der Waals surface area contributed by atoms with E-state index in [0.29, 0.717) is 20.6 Å². The number of halogens is 3. The summed E-state index contributed by atoms with van der Waals surface area (Å²) >= 11 is 3.28. The standard InChI is InChI=1S/C13H10BrF2NOS/c14-10-6-9(17)2-4-13(10)19(18)7-8-1-3-11(15)12(16)5-8/h1-6H,7,17H2. The molecule has 100 valence electrons. The van der Waals surface area contributed by atoms with Gasteiger partial charge in [0, 0.05) is 10.2 Å². The van der Waals surface area contributed by atoms with Crippen LogP contribution in [-0.4, -0.2) is 4.21 Å². The third-order valence-corrected chi connectivity index (χ3v) is 4.84. The van der Waals surface area contributed by atoms with Crippen molar-refractivity contribution in [2.45, 2.75) is 10.6 Å². The summed E-state index contributed by atoms with van der Waals surface area (Å²) in [5.41, 5.74) is 6.63. The van der Waals surface area contributed by atoms with E-state index < -0.39 is 22.4 Å². The summed E-state index contributed by atoms with van der Waals surface area (Å²) in [4.78, 5) is 0.568. The topological polar surface area (TPSA) is 43.1 Å². The Hall–Kier alpha value is -1.27. The van der Waals surface area contributed by atoms with E-state index in [1.807, 2.05) is 0 Å². The van der Waals surface area contributed by atoms with E-state index in [1.54, 1.807) is 18.2 Å². The van der Waals surface area contributed by atoms with E-state index in [-0.39, 0.29) is 5.75 Å². The van der Waals surface area contributed by atoms with Crippen LogP contribution in [0.5, 0.6) is 0 Å². The SMILES string of the molecule is Nc1ccc(S(=O)Cc2ccc(F)c(F)c2)c(Br)c1. The highest BCUT2D eigenvalue weighted by Crippen LogP contribution is 2.25.